The average Bonchev–Trinajstić information content (AvgIpc) is 3.01. The second-order valence-corrected chi connectivity index (χ2v) is 7.24. The lowest BCUT2D eigenvalue weighted by molar-refractivity contribution is -0.123. The summed E-state index contributed by atoms with van der Waals surface area (Å²) < 4.78 is 11.4. The molecule has 0 aliphatic carbocycles. The molecule has 5 rings (SSSR count). The molecule has 1 amide bonds. The molecule has 1 unspecified atom stereocenters. The number of carbonyl (C=O) groups excluding carboxylic acids is 1. The van der Waals surface area contributed by atoms with Crippen LogP contribution in [-0.4, -0.2) is 42.3 Å². The van der Waals surface area contributed by atoms with Gasteiger partial charge in [-0.1, -0.05) is 13.0 Å². The molecule has 3 saturated heterocycles. The molecular weight excluding hydrogens is 304 g/mol. The molecule has 24 heavy (non-hydrogen) atoms. The van der Waals surface area contributed by atoms with E-state index in [1.165, 1.54) is 25.9 Å². The largest absolute Gasteiger partial charge is 0.451 e. The van der Waals surface area contributed by atoms with Crippen molar-refractivity contribution in [1.29, 1.82) is 0 Å². The third-order valence-electron chi connectivity index (χ3n) is 5.73. The maximum absolute atomic E-state index is 12.5. The molecule has 0 aromatic heterocycles. The summed E-state index contributed by atoms with van der Waals surface area (Å²) in [6.07, 6.45) is 3.41. The molecule has 0 saturated carbocycles. The van der Waals surface area contributed by atoms with Crippen LogP contribution in [0, 0.1) is 5.92 Å². The Morgan fingerprint density at radius 1 is 1.25 bits per heavy atom. The Hall–Kier alpha value is -1.75. The molecule has 1 aromatic rings. The Labute approximate surface area is 143 Å². The van der Waals surface area contributed by atoms with Crippen molar-refractivity contribution in [1.82, 2.24) is 10.2 Å². The number of nitrogens with one attached hydrogen (secondary N) is 1. The SMILES string of the molecule is CCC1Oc2ccc(CC(=O)N[C@@H]3C4CCN(CC4)[C@@H]3C)cc2O1. The minimum absolute atomic E-state index is 0.103. The number of hydrogen-bond donors (Lipinski definition) is 1. The van der Waals surface area contributed by atoms with E-state index in [4.69, 9.17) is 9.47 Å². The van der Waals surface area contributed by atoms with Gasteiger partial charge in [-0.05, 0) is 56.5 Å². The minimum Gasteiger partial charge on any atom is -0.451 e. The van der Waals surface area contributed by atoms with Gasteiger partial charge < -0.3 is 14.8 Å². The van der Waals surface area contributed by atoms with Gasteiger partial charge in [0.15, 0.2) is 11.5 Å². The predicted molar refractivity (Wildman–Crippen MR) is 91.2 cm³/mol. The van der Waals surface area contributed by atoms with E-state index in [2.05, 4.69) is 17.1 Å². The molecule has 5 nitrogen and oxygen atoms in total. The first kappa shape index (κ1) is 15.8. The second kappa shape index (κ2) is 6.28. The lowest BCUT2D eigenvalue weighted by Crippen LogP contribution is -2.62. The molecule has 5 heteroatoms. The molecule has 4 heterocycles. The molecule has 4 aliphatic rings. The molecule has 3 fully saturated rings. The summed E-state index contributed by atoms with van der Waals surface area (Å²) in [5, 5.41) is 3.28. The molecule has 4 aliphatic heterocycles. The first-order valence-corrected chi connectivity index (χ1v) is 9.13. The molecule has 1 N–H and O–H groups in total. The fourth-order valence-corrected chi connectivity index (χ4v) is 4.29. The number of rotatable bonds is 4. The zero-order valence-electron chi connectivity index (χ0n) is 14.5. The van der Waals surface area contributed by atoms with Crippen LogP contribution in [0.1, 0.15) is 38.7 Å². The lowest BCUT2D eigenvalue weighted by Gasteiger charge is -2.50. The standard InChI is InChI=1S/C19H26N2O3/c1-3-18-23-15-5-4-13(10-16(15)24-18)11-17(22)20-19-12(2)21-8-6-14(19)7-9-21/h4-5,10,12,14,18-19H,3,6-9,11H2,1-2H3,(H,20,22)/t12-,18?,19+/m1/s1. The normalized spacial score (nSPS) is 33.5. The highest BCUT2D eigenvalue weighted by Gasteiger charge is 2.40. The van der Waals surface area contributed by atoms with E-state index in [9.17, 15) is 4.79 Å². The predicted octanol–water partition coefficient (Wildman–Crippen LogP) is 2.34. The van der Waals surface area contributed by atoms with Crippen molar-refractivity contribution in [2.45, 2.75) is 57.9 Å². The fraction of sp³-hybridized carbons (Fsp3) is 0.632. The summed E-state index contributed by atoms with van der Waals surface area (Å²) >= 11 is 0. The zero-order valence-corrected chi connectivity index (χ0v) is 14.5. The first-order chi connectivity index (χ1) is 11.6. The van der Waals surface area contributed by atoms with Crippen molar-refractivity contribution in [2.24, 2.45) is 5.92 Å². The highest BCUT2D eigenvalue weighted by Crippen LogP contribution is 2.36. The molecule has 3 atom stereocenters. The number of fused-ring (bicyclic) bond motifs is 4. The Bertz CT molecular complexity index is 623. The van der Waals surface area contributed by atoms with Gasteiger partial charge in [-0.25, -0.2) is 0 Å². The van der Waals surface area contributed by atoms with Gasteiger partial charge in [-0.15, -0.1) is 0 Å². The Balaban J connectivity index is 1.39. The Morgan fingerprint density at radius 3 is 2.71 bits per heavy atom. The van der Waals surface area contributed by atoms with Crippen molar-refractivity contribution in [3.05, 3.63) is 23.8 Å². The van der Waals surface area contributed by atoms with Crippen LogP contribution in [0.3, 0.4) is 0 Å². The van der Waals surface area contributed by atoms with Crippen molar-refractivity contribution in [3.63, 3.8) is 0 Å². The number of piperidine rings is 3. The van der Waals surface area contributed by atoms with E-state index in [1.807, 2.05) is 25.1 Å². The van der Waals surface area contributed by atoms with E-state index in [1.54, 1.807) is 0 Å². The fourth-order valence-electron chi connectivity index (χ4n) is 4.29. The van der Waals surface area contributed by atoms with Crippen molar-refractivity contribution >= 4 is 5.91 Å². The summed E-state index contributed by atoms with van der Waals surface area (Å²) in [4.78, 5) is 15.0. The minimum atomic E-state index is -0.197. The summed E-state index contributed by atoms with van der Waals surface area (Å²) in [5.74, 6) is 2.27. The van der Waals surface area contributed by atoms with Crippen LogP contribution in [0.5, 0.6) is 11.5 Å². The van der Waals surface area contributed by atoms with Gasteiger partial charge in [0.2, 0.25) is 12.2 Å². The van der Waals surface area contributed by atoms with E-state index >= 15 is 0 Å². The number of carbonyl (C=O) groups is 1. The van der Waals surface area contributed by atoms with Crippen LogP contribution in [-0.2, 0) is 11.2 Å². The average molecular weight is 330 g/mol. The van der Waals surface area contributed by atoms with Gasteiger partial charge in [0.1, 0.15) is 0 Å². The lowest BCUT2D eigenvalue weighted by atomic mass is 9.79. The van der Waals surface area contributed by atoms with Gasteiger partial charge in [0, 0.05) is 18.5 Å². The molecule has 0 radical (unpaired) electrons. The highest BCUT2D eigenvalue weighted by atomic mass is 16.7. The van der Waals surface area contributed by atoms with E-state index in [-0.39, 0.29) is 12.2 Å². The summed E-state index contributed by atoms with van der Waals surface area (Å²) in [6, 6.07) is 6.54. The van der Waals surface area contributed by atoms with Crippen LogP contribution in [0.25, 0.3) is 0 Å². The topological polar surface area (TPSA) is 50.8 Å². The van der Waals surface area contributed by atoms with Crippen molar-refractivity contribution in [3.8, 4) is 11.5 Å². The third-order valence-corrected chi connectivity index (χ3v) is 5.73. The number of amides is 1. The number of hydrogen-bond acceptors (Lipinski definition) is 4. The summed E-state index contributed by atoms with van der Waals surface area (Å²) in [5.41, 5.74) is 0.973. The van der Waals surface area contributed by atoms with Crippen molar-refractivity contribution < 1.29 is 14.3 Å². The van der Waals surface area contributed by atoms with Crippen LogP contribution in [0.4, 0.5) is 0 Å². The van der Waals surface area contributed by atoms with Gasteiger partial charge in [0.05, 0.1) is 6.42 Å². The van der Waals surface area contributed by atoms with Crippen LogP contribution in [0.15, 0.2) is 18.2 Å². The van der Waals surface area contributed by atoms with Gasteiger partial charge >= 0.3 is 0 Å². The number of ether oxygens (including phenoxy) is 2. The number of benzene rings is 1. The van der Waals surface area contributed by atoms with E-state index in [0.717, 1.165) is 23.5 Å². The smallest absolute Gasteiger partial charge is 0.241 e. The third kappa shape index (κ3) is 2.86. The summed E-state index contributed by atoms with van der Waals surface area (Å²) in [7, 11) is 0. The molecule has 2 bridgehead atoms. The summed E-state index contributed by atoms with van der Waals surface area (Å²) in [6.45, 7) is 6.62. The van der Waals surface area contributed by atoms with E-state index < -0.39 is 0 Å². The highest BCUT2D eigenvalue weighted by molar-refractivity contribution is 5.79. The quantitative estimate of drug-likeness (QED) is 0.921. The van der Waals surface area contributed by atoms with E-state index in [0.29, 0.717) is 24.4 Å². The maximum Gasteiger partial charge on any atom is 0.241 e. The van der Waals surface area contributed by atoms with Crippen molar-refractivity contribution in [2.75, 3.05) is 13.1 Å². The first-order valence-electron chi connectivity index (χ1n) is 9.13. The van der Waals surface area contributed by atoms with Gasteiger partial charge in [0.25, 0.3) is 0 Å². The zero-order chi connectivity index (χ0) is 16.7. The van der Waals surface area contributed by atoms with Crippen LogP contribution < -0.4 is 14.8 Å². The molecule has 0 spiro atoms. The Kier molecular flexibility index (Phi) is 4.12. The number of nitrogens with zero attached hydrogens (tertiary/aromatic N) is 1. The molecule has 1 aromatic carbocycles. The Morgan fingerprint density at radius 2 is 2.00 bits per heavy atom. The van der Waals surface area contributed by atoms with Gasteiger partial charge in [-0.3, -0.25) is 9.69 Å². The van der Waals surface area contributed by atoms with Crippen LogP contribution >= 0.6 is 0 Å². The second-order valence-electron chi connectivity index (χ2n) is 7.24. The monoisotopic (exact) mass is 330 g/mol. The van der Waals surface area contributed by atoms with Gasteiger partial charge in [-0.2, -0.15) is 0 Å². The molecular formula is C19H26N2O3. The maximum atomic E-state index is 12.5. The molecule has 130 valence electrons. The van der Waals surface area contributed by atoms with Crippen LogP contribution in [0.2, 0.25) is 0 Å².